The molecule has 1 fully saturated rings. The fraction of sp³-hybridized carbons (Fsp3) is 0.409. The second-order valence-corrected chi connectivity index (χ2v) is 7.95. The number of benzene rings is 1. The number of aromatic nitrogens is 2. The molecule has 1 aromatic carbocycles. The van der Waals surface area contributed by atoms with Gasteiger partial charge in [-0.1, -0.05) is 18.2 Å². The van der Waals surface area contributed by atoms with Crippen molar-refractivity contribution in [2.45, 2.75) is 44.0 Å². The maximum Gasteiger partial charge on any atom is 0.490 e. The fourth-order valence-corrected chi connectivity index (χ4v) is 3.93. The van der Waals surface area contributed by atoms with Crippen molar-refractivity contribution in [1.29, 1.82) is 0 Å². The molecule has 1 aromatic heterocycles. The van der Waals surface area contributed by atoms with Gasteiger partial charge in [0.15, 0.2) is 0 Å². The summed E-state index contributed by atoms with van der Waals surface area (Å²) in [4.78, 5) is 43.1. The number of aliphatic carboxylic acids is 1. The highest BCUT2D eigenvalue weighted by molar-refractivity contribution is 5.92. The average molecular weight is 480 g/mol. The zero-order valence-corrected chi connectivity index (χ0v) is 18.2. The van der Waals surface area contributed by atoms with Gasteiger partial charge in [-0.3, -0.25) is 14.6 Å². The second kappa shape index (κ2) is 10.1. The van der Waals surface area contributed by atoms with Crippen LogP contribution in [0.5, 0.6) is 5.75 Å². The summed E-state index contributed by atoms with van der Waals surface area (Å²) >= 11 is 0. The van der Waals surface area contributed by atoms with Crippen molar-refractivity contribution in [2.75, 3.05) is 13.1 Å². The molecule has 0 bridgehead atoms. The van der Waals surface area contributed by atoms with Gasteiger partial charge in [-0.15, -0.1) is 0 Å². The van der Waals surface area contributed by atoms with Gasteiger partial charge in [0.05, 0.1) is 12.2 Å². The molecule has 9 nitrogen and oxygen atoms in total. The van der Waals surface area contributed by atoms with E-state index in [1.807, 2.05) is 29.2 Å². The molecule has 4 rings (SSSR count). The number of piperidine rings is 1. The van der Waals surface area contributed by atoms with Crippen LogP contribution in [-0.2, 0) is 9.59 Å². The Morgan fingerprint density at radius 2 is 1.82 bits per heavy atom. The highest BCUT2D eigenvalue weighted by atomic mass is 19.4. The Kier molecular flexibility index (Phi) is 7.38. The maximum absolute atomic E-state index is 12.6. The Morgan fingerprint density at radius 3 is 2.38 bits per heavy atom. The Bertz CT molecular complexity index is 1040. The number of carboxylic acids is 1. The number of nitrogens with one attached hydrogen (secondary N) is 1. The van der Waals surface area contributed by atoms with Gasteiger partial charge in [0.1, 0.15) is 17.0 Å². The molecule has 0 radical (unpaired) electrons. The highest BCUT2D eigenvalue weighted by Gasteiger charge is 2.44. The molecule has 2 aromatic rings. The number of carbonyl (C=O) groups is 3. The molecule has 1 unspecified atom stereocenters. The first-order chi connectivity index (χ1) is 16.0. The lowest BCUT2D eigenvalue weighted by molar-refractivity contribution is -0.192. The summed E-state index contributed by atoms with van der Waals surface area (Å²) in [5, 5.41) is 10.2. The van der Waals surface area contributed by atoms with Crippen LogP contribution in [0.2, 0.25) is 0 Å². The van der Waals surface area contributed by atoms with Crippen molar-refractivity contribution in [3.05, 3.63) is 54.1 Å². The average Bonchev–Trinajstić information content (AvgIpc) is 2.79. The van der Waals surface area contributed by atoms with E-state index >= 15 is 0 Å². The van der Waals surface area contributed by atoms with Crippen molar-refractivity contribution in [1.82, 2.24) is 20.2 Å². The van der Waals surface area contributed by atoms with Gasteiger partial charge in [0.25, 0.3) is 5.91 Å². The summed E-state index contributed by atoms with van der Waals surface area (Å²) in [7, 11) is 0. The summed E-state index contributed by atoms with van der Waals surface area (Å²) in [6, 6.07) is 7.63. The Labute approximate surface area is 192 Å². The zero-order chi connectivity index (χ0) is 24.9. The molecule has 0 aliphatic carbocycles. The Balaban J connectivity index is 0.000000406. The molecule has 3 heterocycles. The van der Waals surface area contributed by atoms with Crippen molar-refractivity contribution >= 4 is 17.8 Å². The molecular formula is C22H23F3N4O5. The van der Waals surface area contributed by atoms with E-state index in [-0.39, 0.29) is 23.5 Å². The monoisotopic (exact) mass is 480 g/mol. The van der Waals surface area contributed by atoms with Crippen LogP contribution in [0.15, 0.2) is 42.9 Å². The summed E-state index contributed by atoms with van der Waals surface area (Å²) in [6.07, 6.45) is 1.59. The van der Waals surface area contributed by atoms with Crippen LogP contribution in [0.25, 0.3) is 0 Å². The van der Waals surface area contributed by atoms with Gasteiger partial charge in [-0.2, -0.15) is 13.2 Å². The molecule has 12 heteroatoms. The molecule has 182 valence electrons. The van der Waals surface area contributed by atoms with Gasteiger partial charge < -0.3 is 20.1 Å². The number of alkyl halides is 3. The third-order valence-corrected chi connectivity index (χ3v) is 5.66. The predicted octanol–water partition coefficient (Wildman–Crippen LogP) is 2.74. The van der Waals surface area contributed by atoms with Gasteiger partial charge in [-0.05, 0) is 6.07 Å². The highest BCUT2D eigenvalue weighted by Crippen LogP contribution is 2.44. The lowest BCUT2D eigenvalue weighted by Crippen LogP contribution is -2.53. The molecule has 34 heavy (non-hydrogen) atoms. The van der Waals surface area contributed by atoms with E-state index in [0.717, 1.165) is 24.2 Å². The lowest BCUT2D eigenvalue weighted by Gasteiger charge is -2.46. The van der Waals surface area contributed by atoms with E-state index in [4.69, 9.17) is 14.6 Å². The van der Waals surface area contributed by atoms with Crippen LogP contribution in [0, 0.1) is 0 Å². The lowest BCUT2D eigenvalue weighted by atomic mass is 9.80. The minimum atomic E-state index is -5.08. The molecule has 1 saturated heterocycles. The van der Waals surface area contributed by atoms with Crippen LogP contribution >= 0.6 is 0 Å². The topological polar surface area (TPSA) is 122 Å². The number of halogens is 3. The minimum absolute atomic E-state index is 0.0913. The molecule has 0 saturated carbocycles. The Morgan fingerprint density at radius 1 is 1.18 bits per heavy atom. The van der Waals surface area contributed by atoms with E-state index in [9.17, 15) is 22.8 Å². The van der Waals surface area contributed by atoms with E-state index in [0.29, 0.717) is 25.2 Å². The predicted molar refractivity (Wildman–Crippen MR) is 112 cm³/mol. The summed E-state index contributed by atoms with van der Waals surface area (Å²) in [5.41, 5.74) is 0.886. The van der Waals surface area contributed by atoms with Crippen LogP contribution in [0.3, 0.4) is 0 Å². The van der Waals surface area contributed by atoms with E-state index in [1.165, 1.54) is 12.4 Å². The quantitative estimate of drug-likeness (QED) is 0.678. The fourth-order valence-electron chi connectivity index (χ4n) is 3.93. The summed E-state index contributed by atoms with van der Waals surface area (Å²) < 4.78 is 38.1. The van der Waals surface area contributed by atoms with Crippen LogP contribution in [0.1, 0.15) is 48.3 Å². The number of carbonyl (C=O) groups excluding carboxylic acids is 2. The molecule has 2 amide bonds. The number of hydrogen-bond donors (Lipinski definition) is 2. The first-order valence-corrected chi connectivity index (χ1v) is 10.4. The van der Waals surface area contributed by atoms with E-state index in [2.05, 4.69) is 15.3 Å². The minimum Gasteiger partial charge on any atom is -0.487 e. The smallest absolute Gasteiger partial charge is 0.487 e. The maximum atomic E-state index is 12.6. The van der Waals surface area contributed by atoms with Crippen LogP contribution in [0.4, 0.5) is 13.2 Å². The molecular weight excluding hydrogens is 457 g/mol. The number of rotatable bonds is 2. The van der Waals surface area contributed by atoms with Crippen molar-refractivity contribution in [3.8, 4) is 5.75 Å². The number of ether oxygens (including phenoxy) is 1. The van der Waals surface area contributed by atoms with Gasteiger partial charge in [0, 0.05) is 57.2 Å². The number of likely N-dealkylation sites (tertiary alicyclic amines) is 1. The number of amides is 2. The normalized spacial score (nSPS) is 18.6. The van der Waals surface area contributed by atoms with E-state index in [1.54, 1.807) is 13.1 Å². The summed E-state index contributed by atoms with van der Waals surface area (Å²) in [6.45, 7) is 2.93. The molecule has 2 aliphatic heterocycles. The first-order valence-electron chi connectivity index (χ1n) is 10.4. The largest absolute Gasteiger partial charge is 0.490 e. The first kappa shape index (κ1) is 24.9. The van der Waals surface area contributed by atoms with E-state index < -0.39 is 12.1 Å². The van der Waals surface area contributed by atoms with Gasteiger partial charge in [0.2, 0.25) is 5.91 Å². The van der Waals surface area contributed by atoms with Gasteiger partial charge in [-0.25, -0.2) is 9.78 Å². The zero-order valence-electron chi connectivity index (χ0n) is 18.2. The Hall–Kier alpha value is -3.70. The third kappa shape index (κ3) is 6.00. The van der Waals surface area contributed by atoms with Crippen molar-refractivity contribution in [3.63, 3.8) is 0 Å². The summed E-state index contributed by atoms with van der Waals surface area (Å²) in [5.74, 6) is -2.12. The molecule has 1 atom stereocenters. The molecule has 2 N–H and O–H groups in total. The number of para-hydroxylation sites is 1. The number of carboxylic acid groups (broad SMARTS) is 1. The standard InChI is InChI=1S/C20H22N4O3.C2HF3O2/c1-14(25)24-10-6-20(7-11-24)12-16(15-4-2-3-5-18(15)27-20)23-19(26)17-13-21-8-9-22-17;3-2(4,5)1(6)7/h2-5,8-9,13,16H,6-7,10-12H2,1H3,(H,23,26);(H,6,7). The van der Waals surface area contributed by atoms with Crippen LogP contribution in [-0.4, -0.2) is 62.6 Å². The SMILES string of the molecule is CC(=O)N1CCC2(CC1)CC(NC(=O)c1cnccn1)c1ccccc1O2.O=C(O)C(F)(F)F. The van der Waals surface area contributed by atoms with Gasteiger partial charge >= 0.3 is 12.1 Å². The molecule has 1 spiro atoms. The number of nitrogens with zero attached hydrogens (tertiary/aromatic N) is 3. The number of fused-ring (bicyclic) bond motifs is 1. The number of hydrogen-bond acceptors (Lipinski definition) is 6. The second-order valence-electron chi connectivity index (χ2n) is 7.95. The van der Waals surface area contributed by atoms with Crippen molar-refractivity contribution in [2.24, 2.45) is 0 Å². The van der Waals surface area contributed by atoms with Crippen molar-refractivity contribution < 1.29 is 37.4 Å². The third-order valence-electron chi connectivity index (χ3n) is 5.66. The molecule has 2 aliphatic rings. The van der Waals surface area contributed by atoms with Crippen LogP contribution < -0.4 is 10.1 Å².